The molecule has 0 aromatic heterocycles. The second-order valence-corrected chi connectivity index (χ2v) is 5.97. The van der Waals surface area contributed by atoms with Crippen molar-refractivity contribution in [1.29, 1.82) is 0 Å². The Hall–Kier alpha value is -0.540. The van der Waals surface area contributed by atoms with Gasteiger partial charge in [-0.1, -0.05) is 25.8 Å². The molecule has 0 heterocycles. The van der Waals surface area contributed by atoms with Crippen LogP contribution < -0.4 is 10.1 Å². The molecule has 0 bridgehead atoms. The van der Waals surface area contributed by atoms with Crippen LogP contribution in [0.4, 0.5) is 0 Å². The smallest absolute Gasteiger partial charge is 0.133 e. The maximum atomic E-state index is 5.53. The normalized spacial score (nSPS) is 10.8. The molecule has 114 valence electrons. The third kappa shape index (κ3) is 7.30. The number of ether oxygens (including phenoxy) is 1. The van der Waals surface area contributed by atoms with E-state index in [4.69, 9.17) is 4.74 Å². The molecule has 0 aliphatic heterocycles. The summed E-state index contributed by atoms with van der Waals surface area (Å²) in [6.45, 7) is 7.25. The van der Waals surface area contributed by atoms with Crippen LogP contribution in [0.3, 0.4) is 0 Å². The third-order valence-corrected chi connectivity index (χ3v) is 3.91. The number of hydrogen-bond acceptors (Lipinski definition) is 2. The largest absolute Gasteiger partial charge is 0.493 e. The first-order valence-electron chi connectivity index (χ1n) is 7.89. The zero-order valence-corrected chi connectivity index (χ0v) is 14.5. The van der Waals surface area contributed by atoms with Crippen molar-refractivity contribution in [2.75, 3.05) is 19.7 Å². The van der Waals surface area contributed by atoms with Crippen LogP contribution >= 0.6 is 15.9 Å². The highest BCUT2D eigenvalue weighted by molar-refractivity contribution is 9.10. The number of rotatable bonds is 11. The third-order valence-electron chi connectivity index (χ3n) is 3.29. The quantitative estimate of drug-likeness (QED) is 0.575. The van der Waals surface area contributed by atoms with Gasteiger partial charge in [0.25, 0.3) is 0 Å². The second-order valence-electron chi connectivity index (χ2n) is 5.11. The molecule has 0 atom stereocenters. The average Bonchev–Trinajstić information content (AvgIpc) is 2.45. The highest BCUT2D eigenvalue weighted by Crippen LogP contribution is 2.26. The first kappa shape index (κ1) is 17.5. The lowest BCUT2D eigenvalue weighted by atomic mass is 10.1. The molecule has 1 N–H and O–H groups in total. The predicted molar refractivity (Wildman–Crippen MR) is 90.6 cm³/mol. The van der Waals surface area contributed by atoms with E-state index < -0.39 is 0 Å². The van der Waals surface area contributed by atoms with E-state index in [0.717, 1.165) is 23.2 Å². The lowest BCUT2D eigenvalue weighted by molar-refractivity contribution is 0.338. The van der Waals surface area contributed by atoms with Crippen LogP contribution in [0.5, 0.6) is 5.75 Å². The number of hydrogen-bond donors (Lipinski definition) is 1. The van der Waals surface area contributed by atoms with Crippen molar-refractivity contribution in [3.05, 3.63) is 28.2 Å². The summed E-state index contributed by atoms with van der Waals surface area (Å²) in [5.74, 6) is 0.943. The Morgan fingerprint density at radius 2 is 1.85 bits per heavy atom. The molecule has 0 radical (unpaired) electrons. The Labute approximate surface area is 132 Å². The van der Waals surface area contributed by atoms with Crippen molar-refractivity contribution in [1.82, 2.24) is 5.32 Å². The molecule has 2 nitrogen and oxygen atoms in total. The maximum absolute atomic E-state index is 5.53. The SMILES string of the molecule is CCCNCCCCCCc1ccc(OCC)c(Br)c1. The zero-order chi connectivity index (χ0) is 14.6. The molecular weight excluding hydrogens is 314 g/mol. The number of aryl methyl sites for hydroxylation is 1. The van der Waals surface area contributed by atoms with Crippen molar-refractivity contribution in [2.45, 2.75) is 52.4 Å². The summed E-state index contributed by atoms with van der Waals surface area (Å²) < 4.78 is 6.60. The van der Waals surface area contributed by atoms with E-state index in [-0.39, 0.29) is 0 Å². The van der Waals surface area contributed by atoms with Crippen molar-refractivity contribution < 1.29 is 4.74 Å². The van der Waals surface area contributed by atoms with E-state index in [0.29, 0.717) is 6.61 Å². The van der Waals surface area contributed by atoms with Gasteiger partial charge in [0.15, 0.2) is 0 Å². The van der Waals surface area contributed by atoms with Gasteiger partial charge in [-0.15, -0.1) is 0 Å². The molecule has 0 aliphatic rings. The average molecular weight is 342 g/mol. The van der Waals surface area contributed by atoms with Crippen molar-refractivity contribution >= 4 is 15.9 Å². The van der Waals surface area contributed by atoms with Gasteiger partial charge >= 0.3 is 0 Å². The fraction of sp³-hybridized carbons (Fsp3) is 0.647. The highest BCUT2D eigenvalue weighted by Gasteiger charge is 2.02. The molecule has 0 fully saturated rings. The Balaban J connectivity index is 2.14. The van der Waals surface area contributed by atoms with Gasteiger partial charge in [0.1, 0.15) is 5.75 Å². The number of unbranched alkanes of at least 4 members (excludes halogenated alkanes) is 3. The molecule has 1 rings (SSSR count). The zero-order valence-electron chi connectivity index (χ0n) is 12.9. The van der Waals surface area contributed by atoms with E-state index in [1.807, 2.05) is 6.92 Å². The fourth-order valence-corrected chi connectivity index (χ4v) is 2.75. The summed E-state index contributed by atoms with van der Waals surface area (Å²) >= 11 is 3.57. The molecule has 1 aromatic rings. The number of nitrogens with one attached hydrogen (secondary N) is 1. The van der Waals surface area contributed by atoms with Crippen LogP contribution in [0.25, 0.3) is 0 Å². The standard InChI is InChI=1S/C17H28BrNO/c1-3-12-19-13-8-6-5-7-9-15-10-11-17(20-4-2)16(18)14-15/h10-11,14,19H,3-9,12-13H2,1-2H3. The molecule has 1 aromatic carbocycles. The molecular formula is C17H28BrNO. The summed E-state index contributed by atoms with van der Waals surface area (Å²) in [6, 6.07) is 6.43. The minimum absolute atomic E-state index is 0.712. The molecule has 0 saturated carbocycles. The van der Waals surface area contributed by atoms with Crippen LogP contribution in [0.15, 0.2) is 22.7 Å². The van der Waals surface area contributed by atoms with Crippen LogP contribution in [-0.4, -0.2) is 19.7 Å². The van der Waals surface area contributed by atoms with Gasteiger partial charge < -0.3 is 10.1 Å². The van der Waals surface area contributed by atoms with Gasteiger partial charge in [-0.05, 0) is 79.3 Å². The second kappa shape index (κ2) is 11.2. The Bertz CT molecular complexity index is 368. The van der Waals surface area contributed by atoms with Gasteiger partial charge in [-0.25, -0.2) is 0 Å². The van der Waals surface area contributed by atoms with Crippen LogP contribution in [0.1, 0.15) is 51.5 Å². The Morgan fingerprint density at radius 3 is 2.55 bits per heavy atom. The monoisotopic (exact) mass is 341 g/mol. The molecule has 0 spiro atoms. The highest BCUT2D eigenvalue weighted by atomic mass is 79.9. The molecule has 20 heavy (non-hydrogen) atoms. The van der Waals surface area contributed by atoms with Crippen LogP contribution in [-0.2, 0) is 6.42 Å². The Kier molecular flexibility index (Phi) is 9.77. The topological polar surface area (TPSA) is 21.3 Å². The first-order valence-corrected chi connectivity index (χ1v) is 8.69. The Morgan fingerprint density at radius 1 is 1.05 bits per heavy atom. The minimum Gasteiger partial charge on any atom is -0.493 e. The lowest BCUT2D eigenvalue weighted by Gasteiger charge is -2.08. The maximum Gasteiger partial charge on any atom is 0.133 e. The van der Waals surface area contributed by atoms with E-state index in [9.17, 15) is 0 Å². The summed E-state index contributed by atoms with van der Waals surface area (Å²) in [5.41, 5.74) is 1.39. The van der Waals surface area contributed by atoms with Crippen molar-refractivity contribution in [3.8, 4) is 5.75 Å². The molecule has 0 amide bonds. The summed E-state index contributed by atoms with van der Waals surface area (Å²) in [5, 5.41) is 3.45. The van der Waals surface area contributed by atoms with Crippen LogP contribution in [0.2, 0.25) is 0 Å². The van der Waals surface area contributed by atoms with Gasteiger partial charge in [-0.2, -0.15) is 0 Å². The molecule has 3 heteroatoms. The van der Waals surface area contributed by atoms with E-state index in [1.165, 1.54) is 44.2 Å². The van der Waals surface area contributed by atoms with Gasteiger partial charge in [0.05, 0.1) is 11.1 Å². The number of benzene rings is 1. The first-order chi connectivity index (χ1) is 9.77. The predicted octanol–water partition coefficient (Wildman–Crippen LogP) is 4.95. The summed E-state index contributed by atoms with van der Waals surface area (Å²) in [7, 11) is 0. The van der Waals surface area contributed by atoms with E-state index in [1.54, 1.807) is 0 Å². The van der Waals surface area contributed by atoms with Crippen molar-refractivity contribution in [3.63, 3.8) is 0 Å². The number of halogens is 1. The summed E-state index contributed by atoms with van der Waals surface area (Å²) in [4.78, 5) is 0. The molecule has 0 aliphatic carbocycles. The molecule has 0 unspecified atom stereocenters. The lowest BCUT2D eigenvalue weighted by Crippen LogP contribution is -2.15. The van der Waals surface area contributed by atoms with E-state index in [2.05, 4.69) is 46.4 Å². The van der Waals surface area contributed by atoms with Gasteiger partial charge in [0, 0.05) is 0 Å². The van der Waals surface area contributed by atoms with Crippen molar-refractivity contribution in [2.24, 2.45) is 0 Å². The van der Waals surface area contributed by atoms with Crippen LogP contribution in [0, 0.1) is 0 Å². The fourth-order valence-electron chi connectivity index (χ4n) is 2.21. The minimum atomic E-state index is 0.712. The van der Waals surface area contributed by atoms with Gasteiger partial charge in [0.2, 0.25) is 0 Å². The van der Waals surface area contributed by atoms with E-state index >= 15 is 0 Å². The molecule has 0 saturated heterocycles. The summed E-state index contributed by atoms with van der Waals surface area (Å²) in [6.07, 6.45) is 7.61. The van der Waals surface area contributed by atoms with Gasteiger partial charge in [-0.3, -0.25) is 0 Å².